The van der Waals surface area contributed by atoms with Crippen molar-refractivity contribution in [3.63, 3.8) is 0 Å². The molecule has 0 saturated carbocycles. The van der Waals surface area contributed by atoms with Crippen molar-refractivity contribution in [2.75, 3.05) is 11.9 Å². The summed E-state index contributed by atoms with van der Waals surface area (Å²) in [6.07, 6.45) is 1.92. The van der Waals surface area contributed by atoms with E-state index < -0.39 is 17.3 Å². The van der Waals surface area contributed by atoms with Crippen molar-refractivity contribution in [1.82, 2.24) is 0 Å². The van der Waals surface area contributed by atoms with E-state index in [1.807, 2.05) is 0 Å². The quantitative estimate of drug-likeness (QED) is 0.875. The second-order valence-corrected chi connectivity index (χ2v) is 4.39. The molecule has 2 rings (SSSR count). The van der Waals surface area contributed by atoms with Crippen LogP contribution in [-0.4, -0.2) is 29.7 Å². The molecule has 1 aromatic rings. The first-order chi connectivity index (χ1) is 9.06. The number of amides is 1. The average molecular weight is 267 g/mol. The van der Waals surface area contributed by atoms with Gasteiger partial charge in [0, 0.05) is 12.3 Å². The van der Waals surface area contributed by atoms with Crippen LogP contribution in [-0.2, 0) is 9.53 Å². The Morgan fingerprint density at radius 1 is 1.47 bits per heavy atom. The molecule has 2 N–H and O–H groups in total. The van der Waals surface area contributed by atoms with Crippen LogP contribution in [0.2, 0.25) is 0 Å². The number of carbonyl (C=O) groups is 2. The molecule has 0 radical (unpaired) electrons. The van der Waals surface area contributed by atoms with E-state index in [-0.39, 0.29) is 24.1 Å². The zero-order chi connectivity index (χ0) is 13.8. The van der Waals surface area contributed by atoms with Crippen molar-refractivity contribution in [2.45, 2.75) is 25.4 Å². The summed E-state index contributed by atoms with van der Waals surface area (Å²) in [5.74, 6) is -2.47. The van der Waals surface area contributed by atoms with Crippen LogP contribution < -0.4 is 5.32 Å². The van der Waals surface area contributed by atoms with Crippen molar-refractivity contribution in [2.24, 2.45) is 0 Å². The summed E-state index contributed by atoms with van der Waals surface area (Å²) in [4.78, 5) is 22.5. The van der Waals surface area contributed by atoms with Crippen molar-refractivity contribution in [3.8, 4) is 0 Å². The predicted octanol–water partition coefficient (Wildman–Crippen LogP) is 2.03. The highest BCUT2D eigenvalue weighted by Gasteiger charge is 2.19. The lowest BCUT2D eigenvalue weighted by molar-refractivity contribution is -0.118. The summed E-state index contributed by atoms with van der Waals surface area (Å²) in [6, 6.07) is 3.45. The lowest BCUT2D eigenvalue weighted by Crippen LogP contribution is -2.19. The van der Waals surface area contributed by atoms with Gasteiger partial charge in [0.1, 0.15) is 5.82 Å². The number of aromatic carboxylic acids is 1. The summed E-state index contributed by atoms with van der Waals surface area (Å²) in [5, 5.41) is 11.3. The van der Waals surface area contributed by atoms with Crippen LogP contribution in [0.1, 0.15) is 29.6 Å². The van der Waals surface area contributed by atoms with Crippen LogP contribution in [0, 0.1) is 5.82 Å². The molecule has 1 fully saturated rings. The molecule has 1 heterocycles. The summed E-state index contributed by atoms with van der Waals surface area (Å²) in [5.41, 5.74) is -0.197. The second-order valence-electron chi connectivity index (χ2n) is 4.39. The van der Waals surface area contributed by atoms with E-state index in [4.69, 9.17) is 9.84 Å². The molecule has 1 amide bonds. The zero-order valence-corrected chi connectivity index (χ0v) is 10.2. The van der Waals surface area contributed by atoms with Gasteiger partial charge in [0.25, 0.3) is 0 Å². The van der Waals surface area contributed by atoms with Crippen molar-refractivity contribution in [3.05, 3.63) is 29.6 Å². The van der Waals surface area contributed by atoms with Gasteiger partial charge >= 0.3 is 5.97 Å². The number of carbonyl (C=O) groups excluding carboxylic acids is 1. The normalized spacial score (nSPS) is 18.3. The maximum Gasteiger partial charge on any atom is 0.338 e. The van der Waals surface area contributed by atoms with Gasteiger partial charge in [0.2, 0.25) is 5.91 Å². The first-order valence-corrected chi connectivity index (χ1v) is 6.00. The SMILES string of the molecule is O=C(CC1CCCO1)Nc1ccc(F)c(C(=O)O)c1. The Kier molecular flexibility index (Phi) is 4.11. The average Bonchev–Trinajstić information content (AvgIpc) is 2.84. The molecule has 0 spiro atoms. The molecule has 1 atom stereocenters. The van der Waals surface area contributed by atoms with Crippen LogP contribution in [0.3, 0.4) is 0 Å². The Hall–Kier alpha value is -1.95. The molecule has 0 aliphatic carbocycles. The lowest BCUT2D eigenvalue weighted by atomic mass is 10.1. The maximum atomic E-state index is 13.2. The van der Waals surface area contributed by atoms with Crippen molar-refractivity contribution >= 4 is 17.6 Å². The topological polar surface area (TPSA) is 75.6 Å². The van der Waals surface area contributed by atoms with Crippen molar-refractivity contribution in [1.29, 1.82) is 0 Å². The Morgan fingerprint density at radius 2 is 2.26 bits per heavy atom. The van der Waals surface area contributed by atoms with Gasteiger partial charge in [-0.05, 0) is 31.0 Å². The smallest absolute Gasteiger partial charge is 0.338 e. The Labute approximate surface area is 109 Å². The summed E-state index contributed by atoms with van der Waals surface area (Å²) in [7, 11) is 0. The minimum Gasteiger partial charge on any atom is -0.478 e. The summed E-state index contributed by atoms with van der Waals surface area (Å²) < 4.78 is 18.5. The third-order valence-electron chi connectivity index (χ3n) is 2.92. The van der Waals surface area contributed by atoms with Gasteiger partial charge < -0.3 is 15.2 Å². The highest BCUT2D eigenvalue weighted by Crippen LogP contribution is 2.18. The molecule has 102 valence electrons. The maximum absolute atomic E-state index is 13.2. The van der Waals surface area contributed by atoms with Gasteiger partial charge in [-0.15, -0.1) is 0 Å². The van der Waals surface area contributed by atoms with Gasteiger partial charge in [0.15, 0.2) is 0 Å². The van der Waals surface area contributed by atoms with Gasteiger partial charge in [-0.3, -0.25) is 4.79 Å². The van der Waals surface area contributed by atoms with Crippen LogP contribution >= 0.6 is 0 Å². The van der Waals surface area contributed by atoms with E-state index >= 15 is 0 Å². The predicted molar refractivity (Wildman–Crippen MR) is 65.6 cm³/mol. The zero-order valence-electron chi connectivity index (χ0n) is 10.2. The van der Waals surface area contributed by atoms with E-state index in [1.165, 1.54) is 6.07 Å². The number of rotatable bonds is 4. The minimum absolute atomic E-state index is 0.0839. The molecular formula is C13H14FNO4. The molecule has 1 unspecified atom stereocenters. The third kappa shape index (κ3) is 3.51. The number of hydrogen-bond donors (Lipinski definition) is 2. The fourth-order valence-corrected chi connectivity index (χ4v) is 1.99. The second kappa shape index (κ2) is 5.79. The molecule has 0 bridgehead atoms. The third-order valence-corrected chi connectivity index (χ3v) is 2.92. The Bertz CT molecular complexity index is 497. The monoisotopic (exact) mass is 267 g/mol. The van der Waals surface area contributed by atoms with Crippen molar-refractivity contribution < 1.29 is 23.8 Å². The van der Waals surface area contributed by atoms with E-state index in [1.54, 1.807) is 0 Å². The lowest BCUT2D eigenvalue weighted by Gasteiger charge is -2.10. The van der Waals surface area contributed by atoms with E-state index in [0.717, 1.165) is 25.0 Å². The van der Waals surface area contributed by atoms with Gasteiger partial charge in [-0.1, -0.05) is 0 Å². The number of nitrogens with one attached hydrogen (secondary N) is 1. The molecule has 0 aromatic heterocycles. The Morgan fingerprint density at radius 3 is 2.89 bits per heavy atom. The Balaban J connectivity index is 2.00. The number of hydrogen-bond acceptors (Lipinski definition) is 3. The number of halogens is 1. The van der Waals surface area contributed by atoms with Crippen LogP contribution in [0.4, 0.5) is 10.1 Å². The molecule has 1 saturated heterocycles. The van der Waals surface area contributed by atoms with Crippen LogP contribution in [0.25, 0.3) is 0 Å². The standard InChI is InChI=1S/C13H14FNO4/c14-11-4-3-8(6-10(11)13(17)18)15-12(16)7-9-2-1-5-19-9/h3-4,6,9H,1-2,5,7H2,(H,15,16)(H,17,18). The highest BCUT2D eigenvalue weighted by molar-refractivity contribution is 5.94. The number of benzene rings is 1. The highest BCUT2D eigenvalue weighted by atomic mass is 19.1. The summed E-state index contributed by atoms with van der Waals surface area (Å²) >= 11 is 0. The molecule has 6 heteroatoms. The van der Waals surface area contributed by atoms with E-state index in [0.29, 0.717) is 6.61 Å². The fourth-order valence-electron chi connectivity index (χ4n) is 1.99. The molecule has 1 aliphatic rings. The van der Waals surface area contributed by atoms with Crippen LogP contribution in [0.15, 0.2) is 18.2 Å². The largest absolute Gasteiger partial charge is 0.478 e. The first kappa shape index (κ1) is 13.5. The van der Waals surface area contributed by atoms with Gasteiger partial charge in [-0.2, -0.15) is 0 Å². The van der Waals surface area contributed by atoms with Crippen LogP contribution in [0.5, 0.6) is 0 Å². The summed E-state index contributed by atoms with van der Waals surface area (Å²) in [6.45, 7) is 0.664. The molecule has 19 heavy (non-hydrogen) atoms. The molecule has 1 aliphatic heterocycles. The van der Waals surface area contributed by atoms with Gasteiger partial charge in [0.05, 0.1) is 18.1 Å². The fraction of sp³-hybridized carbons (Fsp3) is 0.385. The first-order valence-electron chi connectivity index (χ1n) is 6.00. The molecule has 5 nitrogen and oxygen atoms in total. The minimum atomic E-state index is -1.37. The number of ether oxygens (including phenoxy) is 1. The molecular weight excluding hydrogens is 253 g/mol. The molecule has 1 aromatic carbocycles. The number of anilines is 1. The van der Waals surface area contributed by atoms with Gasteiger partial charge in [-0.25, -0.2) is 9.18 Å². The number of carboxylic acid groups (broad SMARTS) is 1. The van der Waals surface area contributed by atoms with E-state index in [9.17, 15) is 14.0 Å². The van der Waals surface area contributed by atoms with E-state index in [2.05, 4.69) is 5.32 Å². The number of carboxylic acids is 1.